The summed E-state index contributed by atoms with van der Waals surface area (Å²) < 4.78 is 5.36. The molecule has 2 atom stereocenters. The first-order valence-electron chi connectivity index (χ1n) is 8.45. The molecule has 5 heteroatoms. The first-order valence-corrected chi connectivity index (χ1v) is 8.82. The Morgan fingerprint density at radius 2 is 1.96 bits per heavy atom. The van der Waals surface area contributed by atoms with Gasteiger partial charge in [-0.25, -0.2) is 0 Å². The predicted octanol–water partition coefficient (Wildman–Crippen LogP) is 2.28. The number of carbonyl (C=O) groups is 1. The van der Waals surface area contributed by atoms with Gasteiger partial charge in [-0.15, -0.1) is 0 Å². The minimum absolute atomic E-state index is 0.0428. The Kier molecular flexibility index (Phi) is 7.29. The van der Waals surface area contributed by atoms with Crippen molar-refractivity contribution in [2.24, 2.45) is 0 Å². The Hall–Kier alpha value is -2.04. The lowest BCUT2D eigenvalue weighted by molar-refractivity contribution is -0.885. The molecule has 0 saturated heterocycles. The number of carbonyl (C=O) groups excluding carboxylic acids is 1. The van der Waals surface area contributed by atoms with Crippen molar-refractivity contribution < 1.29 is 14.4 Å². The molecule has 1 amide bonds. The van der Waals surface area contributed by atoms with E-state index < -0.39 is 0 Å². The minimum Gasteiger partial charge on any atom is -0.496 e. The molecule has 2 aromatic rings. The second-order valence-corrected chi connectivity index (χ2v) is 6.82. The summed E-state index contributed by atoms with van der Waals surface area (Å²) >= 11 is 6.06. The molecule has 2 N–H and O–H groups in total. The average molecular weight is 362 g/mol. The van der Waals surface area contributed by atoms with Crippen LogP contribution in [-0.2, 0) is 11.3 Å². The van der Waals surface area contributed by atoms with Gasteiger partial charge < -0.3 is 15.0 Å². The van der Waals surface area contributed by atoms with Crippen LogP contribution >= 0.6 is 11.6 Å². The molecule has 0 fully saturated rings. The first kappa shape index (κ1) is 19.3. The second kappa shape index (κ2) is 9.44. The molecule has 1 unspecified atom stereocenters. The van der Waals surface area contributed by atoms with Crippen LogP contribution < -0.4 is 15.0 Å². The molecule has 0 spiro atoms. The normalized spacial score (nSPS) is 13.1. The van der Waals surface area contributed by atoms with E-state index in [0.717, 1.165) is 16.2 Å². The van der Waals surface area contributed by atoms with E-state index in [9.17, 15) is 4.79 Å². The van der Waals surface area contributed by atoms with Crippen molar-refractivity contribution in [3.8, 4) is 5.75 Å². The SMILES string of the molecule is COc1ccc(Cl)cc1C[NH+](C)CC(=O)NC[C@H](C)c1ccccc1. The summed E-state index contributed by atoms with van der Waals surface area (Å²) in [5, 5.41) is 3.69. The number of likely N-dealkylation sites (N-methyl/N-ethyl adjacent to an activating group) is 1. The first-order chi connectivity index (χ1) is 12.0. The van der Waals surface area contributed by atoms with Crippen LogP contribution in [0.4, 0.5) is 0 Å². The quantitative estimate of drug-likeness (QED) is 0.757. The molecular formula is C20H26ClN2O2+. The summed E-state index contributed by atoms with van der Waals surface area (Å²) in [7, 11) is 3.63. The molecular weight excluding hydrogens is 336 g/mol. The van der Waals surface area contributed by atoms with E-state index >= 15 is 0 Å². The van der Waals surface area contributed by atoms with Crippen LogP contribution in [0.3, 0.4) is 0 Å². The highest BCUT2D eigenvalue weighted by molar-refractivity contribution is 6.30. The highest BCUT2D eigenvalue weighted by Crippen LogP contribution is 2.21. The Labute approximate surface area is 154 Å². The summed E-state index contributed by atoms with van der Waals surface area (Å²) in [6.07, 6.45) is 0. The molecule has 0 bridgehead atoms. The zero-order valence-corrected chi connectivity index (χ0v) is 15.8. The average Bonchev–Trinajstić information content (AvgIpc) is 2.60. The highest BCUT2D eigenvalue weighted by Gasteiger charge is 2.15. The zero-order chi connectivity index (χ0) is 18.2. The molecule has 0 heterocycles. The van der Waals surface area contributed by atoms with Crippen molar-refractivity contribution in [2.75, 3.05) is 27.2 Å². The molecule has 0 aliphatic heterocycles. The van der Waals surface area contributed by atoms with Crippen molar-refractivity contribution in [3.63, 3.8) is 0 Å². The van der Waals surface area contributed by atoms with Crippen LogP contribution in [0.1, 0.15) is 24.0 Å². The third-order valence-electron chi connectivity index (χ3n) is 4.17. The van der Waals surface area contributed by atoms with E-state index in [-0.39, 0.29) is 5.91 Å². The third-order valence-corrected chi connectivity index (χ3v) is 4.41. The van der Waals surface area contributed by atoms with Crippen molar-refractivity contribution in [3.05, 3.63) is 64.7 Å². The minimum atomic E-state index is 0.0428. The van der Waals surface area contributed by atoms with E-state index in [0.29, 0.717) is 30.6 Å². The fourth-order valence-electron chi connectivity index (χ4n) is 2.78. The number of halogens is 1. The molecule has 0 radical (unpaired) electrons. The van der Waals surface area contributed by atoms with E-state index in [2.05, 4.69) is 24.4 Å². The van der Waals surface area contributed by atoms with Crippen molar-refractivity contribution in [1.82, 2.24) is 5.32 Å². The van der Waals surface area contributed by atoms with E-state index in [1.165, 1.54) is 5.56 Å². The Bertz CT molecular complexity index is 691. The van der Waals surface area contributed by atoms with Gasteiger partial charge in [-0.05, 0) is 29.7 Å². The number of benzene rings is 2. The Morgan fingerprint density at radius 1 is 1.24 bits per heavy atom. The van der Waals surface area contributed by atoms with Gasteiger partial charge in [0, 0.05) is 17.1 Å². The third kappa shape index (κ3) is 6.07. The molecule has 0 aromatic heterocycles. The largest absolute Gasteiger partial charge is 0.496 e. The number of methoxy groups -OCH3 is 1. The van der Waals surface area contributed by atoms with Crippen molar-refractivity contribution in [1.29, 1.82) is 0 Å². The van der Waals surface area contributed by atoms with Gasteiger partial charge in [0.25, 0.3) is 5.91 Å². The fourth-order valence-corrected chi connectivity index (χ4v) is 2.97. The summed E-state index contributed by atoms with van der Waals surface area (Å²) in [5.74, 6) is 1.13. The van der Waals surface area contributed by atoms with Crippen molar-refractivity contribution >= 4 is 17.5 Å². The van der Waals surface area contributed by atoms with Gasteiger partial charge >= 0.3 is 0 Å². The molecule has 134 valence electrons. The number of rotatable bonds is 8. The van der Waals surface area contributed by atoms with Gasteiger partial charge in [-0.3, -0.25) is 4.79 Å². The topological polar surface area (TPSA) is 42.8 Å². The van der Waals surface area contributed by atoms with Gasteiger partial charge in [0.15, 0.2) is 6.54 Å². The lowest BCUT2D eigenvalue weighted by Crippen LogP contribution is -3.08. The van der Waals surface area contributed by atoms with Crippen molar-refractivity contribution in [2.45, 2.75) is 19.4 Å². The lowest BCUT2D eigenvalue weighted by atomic mass is 10.0. The summed E-state index contributed by atoms with van der Waals surface area (Å²) in [6, 6.07) is 15.7. The molecule has 0 aliphatic carbocycles. The molecule has 0 aliphatic rings. The summed E-state index contributed by atoms with van der Waals surface area (Å²) in [5.41, 5.74) is 2.23. The summed E-state index contributed by atoms with van der Waals surface area (Å²) in [6.45, 7) is 3.82. The van der Waals surface area contributed by atoms with Gasteiger partial charge in [0.1, 0.15) is 12.3 Å². The molecule has 2 rings (SSSR count). The van der Waals surface area contributed by atoms with E-state index in [4.69, 9.17) is 16.3 Å². The second-order valence-electron chi connectivity index (χ2n) is 6.38. The van der Waals surface area contributed by atoms with Crippen LogP contribution in [0.25, 0.3) is 0 Å². The highest BCUT2D eigenvalue weighted by atomic mass is 35.5. The maximum absolute atomic E-state index is 12.2. The fraction of sp³-hybridized carbons (Fsp3) is 0.350. The van der Waals surface area contributed by atoms with E-state index in [1.807, 2.05) is 37.4 Å². The van der Waals surface area contributed by atoms with Gasteiger partial charge in [0.2, 0.25) is 0 Å². The molecule has 0 saturated carbocycles. The van der Waals surface area contributed by atoms with Crippen LogP contribution in [-0.4, -0.2) is 33.2 Å². The lowest BCUT2D eigenvalue weighted by Gasteiger charge is -2.17. The zero-order valence-electron chi connectivity index (χ0n) is 15.0. The van der Waals surface area contributed by atoms with Gasteiger partial charge in [0.05, 0.1) is 14.2 Å². The van der Waals surface area contributed by atoms with E-state index in [1.54, 1.807) is 13.2 Å². The van der Waals surface area contributed by atoms with Gasteiger partial charge in [-0.2, -0.15) is 0 Å². The molecule has 25 heavy (non-hydrogen) atoms. The Balaban J connectivity index is 1.83. The Morgan fingerprint density at radius 3 is 2.64 bits per heavy atom. The number of amides is 1. The van der Waals surface area contributed by atoms with Crippen LogP contribution in [0, 0.1) is 0 Å². The maximum Gasteiger partial charge on any atom is 0.275 e. The smallest absolute Gasteiger partial charge is 0.275 e. The summed E-state index contributed by atoms with van der Waals surface area (Å²) in [4.78, 5) is 13.3. The number of hydrogen-bond acceptors (Lipinski definition) is 2. The number of ether oxygens (including phenoxy) is 1. The number of nitrogens with one attached hydrogen (secondary N) is 2. The monoisotopic (exact) mass is 361 g/mol. The number of hydrogen-bond donors (Lipinski definition) is 2. The number of quaternary nitrogens is 1. The maximum atomic E-state index is 12.2. The van der Waals surface area contributed by atoms with Crippen LogP contribution in [0.15, 0.2) is 48.5 Å². The van der Waals surface area contributed by atoms with Crippen LogP contribution in [0.2, 0.25) is 5.02 Å². The molecule has 4 nitrogen and oxygen atoms in total. The predicted molar refractivity (Wildman–Crippen MR) is 101 cm³/mol. The van der Waals surface area contributed by atoms with Crippen LogP contribution in [0.5, 0.6) is 5.75 Å². The standard InChI is InChI=1S/C20H25ClN2O2/c1-15(16-7-5-4-6-8-16)12-22-20(24)14-23(2)13-17-11-18(21)9-10-19(17)25-3/h4-11,15H,12-14H2,1-3H3,(H,22,24)/p+1/t15-/m0/s1. The molecule has 2 aromatic carbocycles. The van der Waals surface area contributed by atoms with Gasteiger partial charge in [-0.1, -0.05) is 48.9 Å².